The highest BCUT2D eigenvalue weighted by molar-refractivity contribution is 6.31. The topological polar surface area (TPSA) is 89.0 Å². The van der Waals surface area contributed by atoms with Crippen molar-refractivity contribution in [3.05, 3.63) is 89.0 Å². The number of pyridine rings is 1. The second-order valence-corrected chi connectivity index (χ2v) is 8.12. The average Bonchev–Trinajstić information content (AvgIpc) is 2.83. The van der Waals surface area contributed by atoms with Crippen molar-refractivity contribution in [2.45, 2.75) is 27.2 Å². The lowest BCUT2D eigenvalue weighted by atomic mass is 10.1. The van der Waals surface area contributed by atoms with Gasteiger partial charge in [-0.3, -0.25) is 0 Å². The number of rotatable bonds is 6. The van der Waals surface area contributed by atoms with E-state index >= 15 is 0 Å². The number of carbonyl (C=O) groups is 1. The van der Waals surface area contributed by atoms with Crippen molar-refractivity contribution in [2.75, 3.05) is 10.6 Å². The van der Waals surface area contributed by atoms with Gasteiger partial charge in [-0.2, -0.15) is 0 Å². The fourth-order valence-corrected chi connectivity index (χ4v) is 3.52. The van der Waals surface area contributed by atoms with Gasteiger partial charge in [-0.1, -0.05) is 24.6 Å². The maximum atomic E-state index is 12.5. The Morgan fingerprint density at radius 2 is 1.82 bits per heavy atom. The fourth-order valence-electron chi connectivity index (χ4n) is 3.35. The molecule has 4 rings (SSSR count). The van der Waals surface area contributed by atoms with Crippen LogP contribution in [-0.2, 0) is 6.42 Å². The third kappa shape index (κ3) is 5.50. The molecular formula is C26H24ClN5O2. The summed E-state index contributed by atoms with van der Waals surface area (Å²) < 4.78 is 6.14. The quantitative estimate of drug-likeness (QED) is 0.321. The Labute approximate surface area is 203 Å². The summed E-state index contributed by atoms with van der Waals surface area (Å²) in [4.78, 5) is 25.7. The Bertz CT molecular complexity index is 1340. The molecule has 172 valence electrons. The number of halogens is 1. The fraction of sp³-hybridized carbons (Fsp3) is 0.154. The van der Waals surface area contributed by atoms with E-state index in [9.17, 15) is 4.79 Å². The number of urea groups is 1. The molecule has 0 bridgehead atoms. The van der Waals surface area contributed by atoms with E-state index < -0.39 is 0 Å². The molecule has 2 aromatic heterocycles. The summed E-state index contributed by atoms with van der Waals surface area (Å²) in [6.07, 6.45) is 4.15. The summed E-state index contributed by atoms with van der Waals surface area (Å²) in [7, 11) is 0. The van der Waals surface area contributed by atoms with Gasteiger partial charge in [0.2, 0.25) is 5.88 Å². The highest BCUT2D eigenvalue weighted by atomic mass is 35.5. The first-order valence-corrected chi connectivity index (χ1v) is 11.2. The number of carbonyl (C=O) groups excluding carboxylic acids is 1. The van der Waals surface area contributed by atoms with E-state index in [4.69, 9.17) is 16.3 Å². The van der Waals surface area contributed by atoms with Gasteiger partial charge < -0.3 is 15.4 Å². The molecule has 0 saturated heterocycles. The Morgan fingerprint density at radius 3 is 2.62 bits per heavy atom. The predicted octanol–water partition coefficient (Wildman–Crippen LogP) is 6.81. The van der Waals surface area contributed by atoms with Crippen LogP contribution in [0.15, 0.2) is 67.0 Å². The van der Waals surface area contributed by atoms with E-state index in [1.54, 1.807) is 36.7 Å². The Balaban J connectivity index is 1.50. The number of amides is 2. The molecule has 2 N–H and O–H groups in total. The van der Waals surface area contributed by atoms with Gasteiger partial charge >= 0.3 is 6.03 Å². The number of nitrogens with zero attached hydrogens (tertiary/aromatic N) is 3. The Hall–Kier alpha value is -3.97. The molecule has 0 radical (unpaired) electrons. The van der Waals surface area contributed by atoms with E-state index in [1.807, 2.05) is 51.1 Å². The first kappa shape index (κ1) is 23.2. The molecule has 0 spiro atoms. The maximum Gasteiger partial charge on any atom is 0.323 e. The molecule has 8 heteroatoms. The largest absolute Gasteiger partial charge is 0.438 e. The van der Waals surface area contributed by atoms with Crippen LogP contribution in [0, 0.1) is 13.8 Å². The standard InChI is InChI=1S/C26H24ClN5O2/c1-4-24-28-13-11-21(31-24)20-6-5-12-29-25(20)34-23-10-9-19(14-17(23)3)30-26(33)32-22-15-18(27)8-7-16(22)2/h5-15H,4H2,1-3H3,(H2,30,32,33). The van der Waals surface area contributed by atoms with Crippen LogP contribution in [0.5, 0.6) is 11.6 Å². The van der Waals surface area contributed by atoms with Crippen LogP contribution < -0.4 is 15.4 Å². The normalized spacial score (nSPS) is 10.6. The van der Waals surface area contributed by atoms with E-state index in [2.05, 4.69) is 25.6 Å². The zero-order valence-electron chi connectivity index (χ0n) is 19.1. The molecule has 7 nitrogen and oxygen atoms in total. The Kier molecular flexibility index (Phi) is 7.04. The average molecular weight is 474 g/mol. The molecule has 34 heavy (non-hydrogen) atoms. The van der Waals surface area contributed by atoms with Crippen LogP contribution in [0.25, 0.3) is 11.3 Å². The van der Waals surface area contributed by atoms with Crippen molar-refractivity contribution < 1.29 is 9.53 Å². The van der Waals surface area contributed by atoms with Crippen molar-refractivity contribution in [1.82, 2.24) is 15.0 Å². The molecule has 2 aromatic carbocycles. The number of aryl methyl sites for hydroxylation is 3. The van der Waals surface area contributed by atoms with Crippen LogP contribution in [0.2, 0.25) is 5.02 Å². The summed E-state index contributed by atoms with van der Waals surface area (Å²) in [6, 6.07) is 16.0. The molecule has 4 aromatic rings. The molecule has 0 fully saturated rings. The second-order valence-electron chi connectivity index (χ2n) is 7.69. The maximum absolute atomic E-state index is 12.5. The molecule has 0 aliphatic heterocycles. The van der Waals surface area contributed by atoms with Crippen molar-refractivity contribution in [2.24, 2.45) is 0 Å². The van der Waals surface area contributed by atoms with Gasteiger partial charge in [0, 0.05) is 35.2 Å². The van der Waals surface area contributed by atoms with Gasteiger partial charge in [0.25, 0.3) is 0 Å². The van der Waals surface area contributed by atoms with E-state index in [1.165, 1.54) is 0 Å². The molecule has 0 aliphatic rings. The molecule has 0 aliphatic carbocycles. The zero-order chi connectivity index (χ0) is 24.1. The minimum absolute atomic E-state index is 0.360. The minimum Gasteiger partial charge on any atom is -0.438 e. The third-order valence-electron chi connectivity index (χ3n) is 5.16. The number of anilines is 2. The monoisotopic (exact) mass is 473 g/mol. The van der Waals surface area contributed by atoms with E-state index in [0.717, 1.165) is 34.6 Å². The lowest BCUT2D eigenvalue weighted by Gasteiger charge is -2.14. The number of nitrogens with one attached hydrogen (secondary N) is 2. The van der Waals surface area contributed by atoms with Gasteiger partial charge in [-0.25, -0.2) is 19.7 Å². The van der Waals surface area contributed by atoms with Crippen LogP contribution in [-0.4, -0.2) is 21.0 Å². The molecular weight excluding hydrogens is 450 g/mol. The van der Waals surface area contributed by atoms with Crippen molar-refractivity contribution in [3.63, 3.8) is 0 Å². The lowest BCUT2D eigenvalue weighted by molar-refractivity contribution is 0.262. The first-order chi connectivity index (χ1) is 16.4. The Morgan fingerprint density at radius 1 is 0.971 bits per heavy atom. The van der Waals surface area contributed by atoms with Gasteiger partial charge in [-0.15, -0.1) is 0 Å². The van der Waals surface area contributed by atoms with Gasteiger partial charge in [0.05, 0.1) is 11.3 Å². The SMILES string of the molecule is CCc1nccc(-c2cccnc2Oc2ccc(NC(=O)Nc3cc(Cl)ccc3C)cc2C)n1. The van der Waals surface area contributed by atoms with E-state index in [-0.39, 0.29) is 6.03 Å². The minimum atomic E-state index is -0.360. The molecule has 0 atom stereocenters. The summed E-state index contributed by atoms with van der Waals surface area (Å²) in [5.41, 5.74) is 4.56. The summed E-state index contributed by atoms with van der Waals surface area (Å²) in [5, 5.41) is 6.21. The molecule has 2 heterocycles. The van der Waals surface area contributed by atoms with Crippen LogP contribution in [0.4, 0.5) is 16.2 Å². The van der Waals surface area contributed by atoms with Crippen molar-refractivity contribution in [1.29, 1.82) is 0 Å². The van der Waals surface area contributed by atoms with Gasteiger partial charge in [-0.05, 0) is 73.5 Å². The highest BCUT2D eigenvalue weighted by Crippen LogP contribution is 2.32. The number of hydrogen-bond donors (Lipinski definition) is 2. The number of benzene rings is 2. The van der Waals surface area contributed by atoms with Crippen LogP contribution >= 0.6 is 11.6 Å². The number of hydrogen-bond acceptors (Lipinski definition) is 5. The van der Waals surface area contributed by atoms with E-state index in [0.29, 0.717) is 28.0 Å². The highest BCUT2D eigenvalue weighted by Gasteiger charge is 2.13. The summed E-state index contributed by atoms with van der Waals surface area (Å²) in [6.45, 7) is 5.82. The molecule has 2 amide bonds. The van der Waals surface area contributed by atoms with Crippen LogP contribution in [0.1, 0.15) is 23.9 Å². The van der Waals surface area contributed by atoms with Gasteiger partial charge in [0.15, 0.2) is 0 Å². The lowest BCUT2D eigenvalue weighted by Crippen LogP contribution is -2.20. The first-order valence-electron chi connectivity index (χ1n) is 10.8. The predicted molar refractivity (Wildman–Crippen MR) is 135 cm³/mol. The number of ether oxygens (including phenoxy) is 1. The summed E-state index contributed by atoms with van der Waals surface area (Å²) >= 11 is 6.03. The zero-order valence-corrected chi connectivity index (χ0v) is 19.8. The van der Waals surface area contributed by atoms with Gasteiger partial charge in [0.1, 0.15) is 11.6 Å². The number of aromatic nitrogens is 3. The molecule has 0 unspecified atom stereocenters. The second kappa shape index (κ2) is 10.3. The molecule has 0 saturated carbocycles. The third-order valence-corrected chi connectivity index (χ3v) is 5.39. The van der Waals surface area contributed by atoms with Crippen LogP contribution in [0.3, 0.4) is 0 Å². The summed E-state index contributed by atoms with van der Waals surface area (Å²) in [5.74, 6) is 1.83. The van der Waals surface area contributed by atoms with Crippen molar-refractivity contribution in [3.8, 4) is 22.9 Å². The smallest absolute Gasteiger partial charge is 0.323 e. The van der Waals surface area contributed by atoms with Crippen molar-refractivity contribution >= 4 is 29.0 Å².